The van der Waals surface area contributed by atoms with Crippen molar-refractivity contribution in [1.82, 2.24) is 0 Å². The molecule has 0 spiro atoms. The van der Waals surface area contributed by atoms with Crippen LogP contribution in [0.3, 0.4) is 0 Å². The van der Waals surface area contributed by atoms with E-state index in [4.69, 9.17) is 14.7 Å². The summed E-state index contributed by atoms with van der Waals surface area (Å²) in [6.07, 6.45) is 0.293. The molecule has 1 aromatic carbocycles. The molecule has 0 aliphatic heterocycles. The van der Waals surface area contributed by atoms with Crippen LogP contribution in [0.1, 0.15) is 5.56 Å². The van der Waals surface area contributed by atoms with Crippen LogP contribution >= 0.6 is 15.9 Å². The van der Waals surface area contributed by atoms with Crippen molar-refractivity contribution >= 4 is 15.9 Å². The van der Waals surface area contributed by atoms with Crippen LogP contribution < -0.4 is 9.47 Å². The summed E-state index contributed by atoms with van der Waals surface area (Å²) in [6.45, 7) is 0. The average molecular weight is 256 g/mol. The minimum atomic E-state index is 0.293. The summed E-state index contributed by atoms with van der Waals surface area (Å²) in [5, 5.41) is 8.66. The van der Waals surface area contributed by atoms with E-state index in [0.717, 1.165) is 10.0 Å². The molecule has 1 rings (SSSR count). The zero-order valence-electron chi connectivity index (χ0n) is 8.00. The first-order valence-electron chi connectivity index (χ1n) is 4.01. The molecule has 0 unspecified atom stereocenters. The molecule has 0 aliphatic rings. The Hall–Kier alpha value is -1.21. The third-order valence-electron chi connectivity index (χ3n) is 1.86. The highest BCUT2D eigenvalue weighted by atomic mass is 79.9. The van der Waals surface area contributed by atoms with Gasteiger partial charge in [-0.15, -0.1) is 0 Å². The van der Waals surface area contributed by atoms with E-state index in [1.165, 1.54) is 0 Å². The van der Waals surface area contributed by atoms with Crippen LogP contribution in [-0.2, 0) is 6.42 Å². The lowest BCUT2D eigenvalue weighted by molar-refractivity contribution is 0.397. The molecule has 0 amide bonds. The Morgan fingerprint density at radius 2 is 1.86 bits per heavy atom. The molecule has 74 valence electrons. The van der Waals surface area contributed by atoms with Crippen LogP contribution in [0.5, 0.6) is 11.5 Å². The monoisotopic (exact) mass is 255 g/mol. The summed E-state index contributed by atoms with van der Waals surface area (Å²) in [7, 11) is 3.16. The van der Waals surface area contributed by atoms with Crippen LogP contribution in [0.4, 0.5) is 0 Å². The fourth-order valence-electron chi connectivity index (χ4n) is 1.17. The number of nitriles is 1. The number of halogens is 1. The van der Waals surface area contributed by atoms with Gasteiger partial charge < -0.3 is 9.47 Å². The molecule has 14 heavy (non-hydrogen) atoms. The number of ether oxygens (including phenoxy) is 2. The topological polar surface area (TPSA) is 42.2 Å². The third-order valence-corrected chi connectivity index (χ3v) is 2.73. The van der Waals surface area contributed by atoms with Crippen molar-refractivity contribution in [2.24, 2.45) is 0 Å². The van der Waals surface area contributed by atoms with Crippen molar-refractivity contribution in [1.29, 1.82) is 5.26 Å². The van der Waals surface area contributed by atoms with Gasteiger partial charge in [-0.1, -0.05) is 0 Å². The standard InChI is InChI=1S/C10H10BrNO2/c1-13-8-3-4-9(14-2)10(11)7(8)5-6-12/h3-4H,5H2,1-2H3. The van der Waals surface area contributed by atoms with Gasteiger partial charge >= 0.3 is 0 Å². The highest BCUT2D eigenvalue weighted by Gasteiger charge is 2.11. The molecule has 4 heteroatoms. The summed E-state index contributed by atoms with van der Waals surface area (Å²) >= 11 is 3.38. The fourth-order valence-corrected chi connectivity index (χ4v) is 1.80. The van der Waals surface area contributed by atoms with Crippen molar-refractivity contribution in [3.63, 3.8) is 0 Å². The molecule has 0 heterocycles. The molecule has 0 fully saturated rings. The van der Waals surface area contributed by atoms with E-state index < -0.39 is 0 Å². The maximum absolute atomic E-state index is 8.66. The van der Waals surface area contributed by atoms with Crippen LogP contribution in [0.15, 0.2) is 16.6 Å². The zero-order valence-corrected chi connectivity index (χ0v) is 9.59. The van der Waals surface area contributed by atoms with Gasteiger partial charge in [0.25, 0.3) is 0 Å². The molecule has 3 nitrogen and oxygen atoms in total. The van der Waals surface area contributed by atoms with E-state index in [0.29, 0.717) is 17.9 Å². The van der Waals surface area contributed by atoms with Gasteiger partial charge in [-0.05, 0) is 28.1 Å². The molecule has 0 N–H and O–H groups in total. The number of hydrogen-bond acceptors (Lipinski definition) is 3. The lowest BCUT2D eigenvalue weighted by Gasteiger charge is -2.10. The van der Waals surface area contributed by atoms with E-state index in [-0.39, 0.29) is 0 Å². The van der Waals surface area contributed by atoms with Crippen molar-refractivity contribution in [2.75, 3.05) is 14.2 Å². The lowest BCUT2D eigenvalue weighted by Crippen LogP contribution is -1.95. The summed E-state index contributed by atoms with van der Waals surface area (Å²) < 4.78 is 11.0. The van der Waals surface area contributed by atoms with E-state index in [1.54, 1.807) is 26.4 Å². The first-order chi connectivity index (χ1) is 6.74. The second-order valence-corrected chi connectivity index (χ2v) is 3.39. The summed E-state index contributed by atoms with van der Waals surface area (Å²) in [5.41, 5.74) is 0.814. The Bertz CT molecular complexity index is 371. The summed E-state index contributed by atoms with van der Waals surface area (Å²) in [4.78, 5) is 0. The van der Waals surface area contributed by atoms with Crippen molar-refractivity contribution < 1.29 is 9.47 Å². The van der Waals surface area contributed by atoms with Crippen LogP contribution in [0, 0.1) is 11.3 Å². The highest BCUT2D eigenvalue weighted by Crippen LogP contribution is 2.35. The van der Waals surface area contributed by atoms with Gasteiger partial charge in [0.05, 0.1) is 31.2 Å². The Labute approximate surface area is 91.4 Å². The van der Waals surface area contributed by atoms with Crippen LogP contribution in [-0.4, -0.2) is 14.2 Å². The predicted octanol–water partition coefficient (Wildman–Crippen LogP) is 2.53. The van der Waals surface area contributed by atoms with E-state index in [2.05, 4.69) is 22.0 Å². The van der Waals surface area contributed by atoms with Gasteiger partial charge in [-0.2, -0.15) is 5.26 Å². The highest BCUT2D eigenvalue weighted by molar-refractivity contribution is 9.10. The lowest BCUT2D eigenvalue weighted by atomic mass is 10.1. The van der Waals surface area contributed by atoms with Gasteiger partial charge in [-0.25, -0.2) is 0 Å². The molecule has 0 atom stereocenters. The predicted molar refractivity (Wildman–Crippen MR) is 56.6 cm³/mol. The van der Waals surface area contributed by atoms with Crippen LogP contribution in [0.2, 0.25) is 0 Å². The zero-order chi connectivity index (χ0) is 10.6. The molecule has 0 saturated heterocycles. The molecule has 0 bridgehead atoms. The Kier molecular flexibility index (Phi) is 3.78. The number of benzene rings is 1. The van der Waals surface area contributed by atoms with Crippen molar-refractivity contribution in [3.8, 4) is 17.6 Å². The Morgan fingerprint density at radius 1 is 1.29 bits per heavy atom. The largest absolute Gasteiger partial charge is 0.496 e. The fraction of sp³-hybridized carbons (Fsp3) is 0.300. The smallest absolute Gasteiger partial charge is 0.133 e. The average Bonchev–Trinajstić information content (AvgIpc) is 2.21. The van der Waals surface area contributed by atoms with Crippen LogP contribution in [0.25, 0.3) is 0 Å². The second kappa shape index (κ2) is 4.87. The Morgan fingerprint density at radius 3 is 2.36 bits per heavy atom. The first-order valence-corrected chi connectivity index (χ1v) is 4.80. The third kappa shape index (κ3) is 1.99. The SMILES string of the molecule is COc1ccc(OC)c(CC#N)c1Br. The first kappa shape index (κ1) is 10.9. The van der Waals surface area contributed by atoms with Crippen molar-refractivity contribution in [2.45, 2.75) is 6.42 Å². The van der Waals surface area contributed by atoms with Gasteiger partial charge in [-0.3, -0.25) is 0 Å². The second-order valence-electron chi connectivity index (χ2n) is 2.60. The summed E-state index contributed by atoms with van der Waals surface area (Å²) in [5.74, 6) is 1.40. The van der Waals surface area contributed by atoms with Gasteiger partial charge in [0.1, 0.15) is 11.5 Å². The number of rotatable bonds is 3. The quantitative estimate of drug-likeness (QED) is 0.834. The van der Waals surface area contributed by atoms with Gasteiger partial charge in [0.2, 0.25) is 0 Å². The molecule has 0 aromatic heterocycles. The summed E-state index contributed by atoms with van der Waals surface area (Å²) in [6, 6.07) is 5.67. The van der Waals surface area contributed by atoms with E-state index in [1.807, 2.05) is 0 Å². The maximum Gasteiger partial charge on any atom is 0.133 e. The molecule has 0 radical (unpaired) electrons. The molecular weight excluding hydrogens is 246 g/mol. The molecular formula is C10H10BrNO2. The minimum Gasteiger partial charge on any atom is -0.496 e. The number of methoxy groups -OCH3 is 2. The normalized spacial score (nSPS) is 9.29. The molecule has 1 aromatic rings. The molecule has 0 saturated carbocycles. The Balaban J connectivity index is 3.25. The van der Waals surface area contributed by atoms with Gasteiger partial charge in [0.15, 0.2) is 0 Å². The van der Waals surface area contributed by atoms with E-state index >= 15 is 0 Å². The van der Waals surface area contributed by atoms with Crippen molar-refractivity contribution in [3.05, 3.63) is 22.2 Å². The molecule has 0 aliphatic carbocycles. The number of hydrogen-bond donors (Lipinski definition) is 0. The minimum absolute atomic E-state index is 0.293. The van der Waals surface area contributed by atoms with Gasteiger partial charge in [0, 0.05) is 5.56 Å². The van der Waals surface area contributed by atoms with E-state index in [9.17, 15) is 0 Å². The number of nitrogens with zero attached hydrogens (tertiary/aromatic N) is 1. The maximum atomic E-state index is 8.66.